The van der Waals surface area contributed by atoms with Crippen LogP contribution in [0.3, 0.4) is 0 Å². The van der Waals surface area contributed by atoms with Gasteiger partial charge in [-0.05, 0) is 44.9 Å². The molecule has 1 aromatic carbocycles. The molecule has 0 aliphatic heterocycles. The van der Waals surface area contributed by atoms with Crippen molar-refractivity contribution in [2.24, 2.45) is 0 Å². The number of rotatable bonds is 6. The first-order valence-corrected chi connectivity index (χ1v) is 5.73. The Morgan fingerprint density at radius 1 is 1.50 bits per heavy atom. The van der Waals surface area contributed by atoms with Crippen LogP contribution in [0.15, 0.2) is 30.9 Å². The SMILES string of the molecule is C=CCCCC(NC)c1ccc(C)cc1F. The van der Waals surface area contributed by atoms with Gasteiger partial charge in [0.1, 0.15) is 5.82 Å². The fourth-order valence-corrected chi connectivity index (χ4v) is 1.84. The number of halogens is 1. The molecular weight excluding hydrogens is 201 g/mol. The van der Waals surface area contributed by atoms with Crippen molar-refractivity contribution in [3.8, 4) is 0 Å². The summed E-state index contributed by atoms with van der Waals surface area (Å²) in [7, 11) is 1.87. The molecule has 1 rings (SSSR count). The molecule has 1 N–H and O–H groups in total. The Morgan fingerprint density at radius 2 is 2.25 bits per heavy atom. The lowest BCUT2D eigenvalue weighted by Gasteiger charge is -2.17. The van der Waals surface area contributed by atoms with Gasteiger partial charge in [0.05, 0.1) is 0 Å². The highest BCUT2D eigenvalue weighted by Gasteiger charge is 2.13. The third kappa shape index (κ3) is 3.46. The molecule has 0 aliphatic rings. The molecule has 0 radical (unpaired) electrons. The van der Waals surface area contributed by atoms with Gasteiger partial charge < -0.3 is 5.32 Å². The third-order valence-electron chi connectivity index (χ3n) is 2.78. The van der Waals surface area contributed by atoms with E-state index in [4.69, 9.17) is 0 Å². The Hall–Kier alpha value is -1.15. The van der Waals surface area contributed by atoms with Crippen LogP contribution >= 0.6 is 0 Å². The highest BCUT2D eigenvalue weighted by molar-refractivity contribution is 5.26. The Kier molecular flexibility index (Phi) is 5.20. The van der Waals surface area contributed by atoms with E-state index in [0.29, 0.717) is 0 Å². The van der Waals surface area contributed by atoms with Crippen LogP contribution in [-0.2, 0) is 0 Å². The van der Waals surface area contributed by atoms with Gasteiger partial charge in [-0.3, -0.25) is 0 Å². The Labute approximate surface area is 97.4 Å². The molecule has 1 nitrogen and oxygen atoms in total. The summed E-state index contributed by atoms with van der Waals surface area (Å²) < 4.78 is 13.7. The van der Waals surface area contributed by atoms with E-state index in [0.717, 1.165) is 30.4 Å². The minimum atomic E-state index is -0.113. The topological polar surface area (TPSA) is 12.0 Å². The van der Waals surface area contributed by atoms with Gasteiger partial charge in [-0.15, -0.1) is 6.58 Å². The van der Waals surface area contributed by atoms with Crippen LogP contribution in [0.5, 0.6) is 0 Å². The van der Waals surface area contributed by atoms with E-state index in [9.17, 15) is 4.39 Å². The van der Waals surface area contributed by atoms with E-state index in [2.05, 4.69) is 11.9 Å². The fourth-order valence-electron chi connectivity index (χ4n) is 1.84. The predicted octanol–water partition coefficient (Wildman–Crippen LogP) is 3.75. The first-order valence-electron chi connectivity index (χ1n) is 5.73. The van der Waals surface area contributed by atoms with Crippen LogP contribution < -0.4 is 5.32 Å². The first-order chi connectivity index (χ1) is 7.69. The summed E-state index contributed by atoms with van der Waals surface area (Å²) in [4.78, 5) is 0. The van der Waals surface area contributed by atoms with E-state index < -0.39 is 0 Å². The number of aryl methyl sites for hydroxylation is 1. The second kappa shape index (κ2) is 6.44. The zero-order chi connectivity index (χ0) is 12.0. The summed E-state index contributed by atoms with van der Waals surface area (Å²) in [5.74, 6) is -0.113. The Morgan fingerprint density at radius 3 is 2.81 bits per heavy atom. The van der Waals surface area contributed by atoms with E-state index in [1.165, 1.54) is 0 Å². The van der Waals surface area contributed by atoms with Gasteiger partial charge in [-0.1, -0.05) is 18.2 Å². The predicted molar refractivity (Wildman–Crippen MR) is 67.0 cm³/mol. The lowest BCUT2D eigenvalue weighted by atomic mass is 9.99. The average Bonchev–Trinajstić information content (AvgIpc) is 2.26. The highest BCUT2D eigenvalue weighted by Crippen LogP contribution is 2.22. The van der Waals surface area contributed by atoms with Crippen LogP contribution in [-0.4, -0.2) is 7.05 Å². The maximum absolute atomic E-state index is 13.7. The highest BCUT2D eigenvalue weighted by atomic mass is 19.1. The van der Waals surface area contributed by atoms with Gasteiger partial charge in [-0.25, -0.2) is 4.39 Å². The molecule has 0 heterocycles. The number of allylic oxidation sites excluding steroid dienone is 1. The van der Waals surface area contributed by atoms with Crippen molar-refractivity contribution in [2.75, 3.05) is 7.05 Å². The van der Waals surface area contributed by atoms with E-state index in [-0.39, 0.29) is 11.9 Å². The molecule has 0 spiro atoms. The number of hydrogen-bond donors (Lipinski definition) is 1. The quantitative estimate of drug-likeness (QED) is 0.570. The monoisotopic (exact) mass is 221 g/mol. The molecule has 0 aliphatic carbocycles. The molecule has 0 amide bonds. The molecule has 0 aromatic heterocycles. The Balaban J connectivity index is 2.74. The van der Waals surface area contributed by atoms with Crippen molar-refractivity contribution in [1.29, 1.82) is 0 Å². The second-order valence-electron chi connectivity index (χ2n) is 4.09. The van der Waals surface area contributed by atoms with Gasteiger partial charge in [-0.2, -0.15) is 0 Å². The molecule has 2 heteroatoms. The van der Waals surface area contributed by atoms with Crippen LogP contribution in [0.25, 0.3) is 0 Å². The van der Waals surface area contributed by atoms with Gasteiger partial charge in [0, 0.05) is 11.6 Å². The number of hydrogen-bond acceptors (Lipinski definition) is 1. The van der Waals surface area contributed by atoms with Crippen molar-refractivity contribution in [2.45, 2.75) is 32.2 Å². The number of nitrogens with one attached hydrogen (secondary N) is 1. The van der Waals surface area contributed by atoms with Gasteiger partial charge in [0.2, 0.25) is 0 Å². The molecule has 1 atom stereocenters. The lowest BCUT2D eigenvalue weighted by molar-refractivity contribution is 0.496. The maximum atomic E-state index is 13.7. The summed E-state index contributed by atoms with van der Waals surface area (Å²) in [6, 6.07) is 5.52. The smallest absolute Gasteiger partial charge is 0.128 e. The molecular formula is C14H20FN. The van der Waals surface area contributed by atoms with Crippen LogP contribution in [0.4, 0.5) is 4.39 Å². The molecule has 1 unspecified atom stereocenters. The summed E-state index contributed by atoms with van der Waals surface area (Å²) in [6.45, 7) is 5.59. The second-order valence-corrected chi connectivity index (χ2v) is 4.09. The van der Waals surface area contributed by atoms with Gasteiger partial charge in [0.25, 0.3) is 0 Å². The summed E-state index contributed by atoms with van der Waals surface area (Å²) in [5.41, 5.74) is 1.72. The van der Waals surface area contributed by atoms with Crippen molar-refractivity contribution >= 4 is 0 Å². The van der Waals surface area contributed by atoms with Crippen molar-refractivity contribution in [3.63, 3.8) is 0 Å². The fraction of sp³-hybridized carbons (Fsp3) is 0.429. The van der Waals surface area contributed by atoms with Gasteiger partial charge >= 0.3 is 0 Å². The minimum Gasteiger partial charge on any atom is -0.313 e. The maximum Gasteiger partial charge on any atom is 0.128 e. The molecule has 88 valence electrons. The minimum absolute atomic E-state index is 0.0977. The van der Waals surface area contributed by atoms with Gasteiger partial charge in [0.15, 0.2) is 0 Å². The van der Waals surface area contributed by atoms with Crippen LogP contribution in [0.1, 0.15) is 36.4 Å². The third-order valence-corrected chi connectivity index (χ3v) is 2.78. The largest absolute Gasteiger partial charge is 0.313 e. The van der Waals surface area contributed by atoms with Crippen molar-refractivity contribution < 1.29 is 4.39 Å². The van der Waals surface area contributed by atoms with Crippen molar-refractivity contribution in [1.82, 2.24) is 5.32 Å². The lowest BCUT2D eigenvalue weighted by Crippen LogP contribution is -2.17. The Bertz CT molecular complexity index is 347. The number of benzene rings is 1. The zero-order valence-corrected chi connectivity index (χ0v) is 10.1. The first kappa shape index (κ1) is 12.9. The van der Waals surface area contributed by atoms with Crippen molar-refractivity contribution in [3.05, 3.63) is 47.8 Å². The standard InChI is InChI=1S/C14H20FN/c1-4-5-6-7-14(16-3)12-9-8-11(2)10-13(12)15/h4,8-10,14,16H,1,5-7H2,2-3H3. The zero-order valence-electron chi connectivity index (χ0n) is 10.1. The molecule has 16 heavy (non-hydrogen) atoms. The summed E-state index contributed by atoms with van der Waals surface area (Å²) >= 11 is 0. The molecule has 0 fully saturated rings. The summed E-state index contributed by atoms with van der Waals surface area (Å²) in [5, 5.41) is 3.16. The van der Waals surface area contributed by atoms with E-state index >= 15 is 0 Å². The molecule has 1 aromatic rings. The summed E-state index contributed by atoms with van der Waals surface area (Å²) in [6.07, 6.45) is 4.84. The normalized spacial score (nSPS) is 12.4. The molecule has 0 bridgehead atoms. The number of unbranched alkanes of at least 4 members (excludes halogenated alkanes) is 1. The van der Waals surface area contributed by atoms with E-state index in [1.807, 2.05) is 32.2 Å². The molecule has 0 saturated carbocycles. The van der Waals surface area contributed by atoms with Crippen LogP contribution in [0.2, 0.25) is 0 Å². The van der Waals surface area contributed by atoms with E-state index in [1.54, 1.807) is 6.07 Å². The van der Waals surface area contributed by atoms with Crippen LogP contribution in [0, 0.1) is 12.7 Å². The average molecular weight is 221 g/mol. The molecule has 0 saturated heterocycles.